The largest absolute Gasteiger partial charge is 0.497 e. The second kappa shape index (κ2) is 16.1. The minimum Gasteiger partial charge on any atom is -0.497 e. The van der Waals surface area contributed by atoms with Crippen molar-refractivity contribution in [3.05, 3.63) is 125 Å². The number of nitrogens with zero attached hydrogens (tertiary/aromatic N) is 2. The lowest BCUT2D eigenvalue weighted by molar-refractivity contribution is -0.140. The number of sulfonamides is 1. The Morgan fingerprint density at radius 2 is 1.50 bits per heavy atom. The Morgan fingerprint density at radius 1 is 0.826 bits per heavy atom. The maximum Gasteiger partial charge on any atom is 0.264 e. The van der Waals surface area contributed by atoms with Gasteiger partial charge >= 0.3 is 0 Å². The zero-order valence-electron chi connectivity index (χ0n) is 27.0. The van der Waals surface area contributed by atoms with Crippen LogP contribution in [0.1, 0.15) is 42.0 Å². The van der Waals surface area contributed by atoms with Gasteiger partial charge in [0, 0.05) is 19.5 Å². The molecule has 0 fully saturated rings. The van der Waals surface area contributed by atoms with E-state index in [-0.39, 0.29) is 23.8 Å². The summed E-state index contributed by atoms with van der Waals surface area (Å²) >= 11 is 0. The normalized spacial score (nSPS) is 11.8. The molecule has 4 aromatic carbocycles. The van der Waals surface area contributed by atoms with Gasteiger partial charge in [0.15, 0.2) is 0 Å². The molecule has 2 amide bonds. The van der Waals surface area contributed by atoms with E-state index in [4.69, 9.17) is 4.74 Å². The average molecular weight is 642 g/mol. The zero-order chi connectivity index (χ0) is 33.1. The Balaban J connectivity index is 1.81. The van der Waals surface area contributed by atoms with Gasteiger partial charge in [-0.25, -0.2) is 8.42 Å². The molecule has 0 aliphatic heterocycles. The van der Waals surface area contributed by atoms with Gasteiger partial charge in [0.05, 0.1) is 17.7 Å². The van der Waals surface area contributed by atoms with Crippen LogP contribution in [0.25, 0.3) is 0 Å². The summed E-state index contributed by atoms with van der Waals surface area (Å²) in [6.07, 6.45) is 1.95. The topological polar surface area (TPSA) is 96.0 Å². The van der Waals surface area contributed by atoms with Crippen molar-refractivity contribution in [2.24, 2.45) is 0 Å². The summed E-state index contributed by atoms with van der Waals surface area (Å²) in [6, 6.07) is 29.3. The number of hydrogen-bond donors (Lipinski definition) is 1. The maximum absolute atomic E-state index is 14.6. The molecule has 1 atom stereocenters. The summed E-state index contributed by atoms with van der Waals surface area (Å²) < 4.78 is 34.9. The second-order valence-electron chi connectivity index (χ2n) is 11.3. The van der Waals surface area contributed by atoms with Crippen molar-refractivity contribution in [2.45, 2.75) is 57.5 Å². The Kier molecular flexibility index (Phi) is 12.0. The molecule has 0 radical (unpaired) electrons. The van der Waals surface area contributed by atoms with E-state index < -0.39 is 28.5 Å². The van der Waals surface area contributed by atoms with E-state index in [1.54, 1.807) is 37.4 Å². The first-order valence-electron chi connectivity index (χ1n) is 15.5. The van der Waals surface area contributed by atoms with Crippen molar-refractivity contribution >= 4 is 27.5 Å². The molecule has 4 rings (SSSR count). The van der Waals surface area contributed by atoms with Crippen LogP contribution in [0.2, 0.25) is 0 Å². The van der Waals surface area contributed by atoms with Crippen molar-refractivity contribution in [3.63, 3.8) is 0 Å². The number of ether oxygens (including phenoxy) is 1. The van der Waals surface area contributed by atoms with Crippen molar-refractivity contribution in [1.82, 2.24) is 10.2 Å². The molecule has 242 valence electrons. The molecule has 0 aliphatic carbocycles. The van der Waals surface area contributed by atoms with Crippen LogP contribution < -0.4 is 14.4 Å². The first-order chi connectivity index (χ1) is 22.1. The molecule has 0 saturated carbocycles. The predicted octanol–water partition coefficient (Wildman–Crippen LogP) is 6.06. The first-order valence-corrected chi connectivity index (χ1v) is 17.0. The van der Waals surface area contributed by atoms with E-state index in [1.807, 2.05) is 81.4 Å². The molecule has 0 heterocycles. The molecule has 1 N–H and O–H groups in total. The summed E-state index contributed by atoms with van der Waals surface area (Å²) in [4.78, 5) is 30.0. The second-order valence-corrected chi connectivity index (χ2v) is 13.2. The van der Waals surface area contributed by atoms with Gasteiger partial charge in [0.25, 0.3) is 10.0 Å². The molecule has 4 aromatic rings. The fraction of sp³-hybridized carbons (Fsp3) is 0.297. The summed E-state index contributed by atoms with van der Waals surface area (Å²) in [5.74, 6) is -0.190. The summed E-state index contributed by atoms with van der Waals surface area (Å²) in [6.45, 7) is 5.93. The number of nitrogens with one attached hydrogen (secondary N) is 1. The molecule has 0 unspecified atom stereocenters. The molecule has 0 bridgehead atoms. The van der Waals surface area contributed by atoms with Gasteiger partial charge in [-0.1, -0.05) is 80.1 Å². The minimum atomic E-state index is -4.15. The molecule has 0 aliphatic rings. The number of aryl methyl sites for hydroxylation is 2. The van der Waals surface area contributed by atoms with Gasteiger partial charge in [-0.15, -0.1) is 0 Å². The number of rotatable bonds is 15. The van der Waals surface area contributed by atoms with Crippen LogP contribution in [-0.4, -0.2) is 51.4 Å². The van der Waals surface area contributed by atoms with E-state index in [0.29, 0.717) is 18.0 Å². The predicted molar refractivity (Wildman–Crippen MR) is 182 cm³/mol. The third-order valence-electron chi connectivity index (χ3n) is 7.98. The Hall–Kier alpha value is -4.63. The van der Waals surface area contributed by atoms with Gasteiger partial charge in [-0.2, -0.15) is 0 Å². The lowest BCUT2D eigenvalue weighted by Crippen LogP contribution is -2.53. The van der Waals surface area contributed by atoms with Crippen LogP contribution in [0.15, 0.2) is 108 Å². The number of hydrogen-bond acceptors (Lipinski definition) is 5. The highest BCUT2D eigenvalue weighted by molar-refractivity contribution is 7.92. The molecule has 0 aromatic heterocycles. The minimum absolute atomic E-state index is 0.0681. The Labute approximate surface area is 273 Å². The van der Waals surface area contributed by atoms with Crippen molar-refractivity contribution in [1.29, 1.82) is 0 Å². The monoisotopic (exact) mass is 641 g/mol. The van der Waals surface area contributed by atoms with Gasteiger partial charge in [0.1, 0.15) is 18.3 Å². The summed E-state index contributed by atoms with van der Waals surface area (Å²) in [5, 5.41) is 3.01. The molecular formula is C37H43N3O5S. The molecule has 0 saturated heterocycles. The zero-order valence-corrected chi connectivity index (χ0v) is 27.8. The van der Waals surface area contributed by atoms with E-state index in [2.05, 4.69) is 5.32 Å². The van der Waals surface area contributed by atoms with E-state index >= 15 is 0 Å². The molecule has 46 heavy (non-hydrogen) atoms. The number of carbonyl (C=O) groups is 2. The number of carbonyl (C=O) groups excluding carboxylic acids is 2. The third kappa shape index (κ3) is 8.75. The van der Waals surface area contributed by atoms with Crippen LogP contribution in [-0.2, 0) is 32.6 Å². The van der Waals surface area contributed by atoms with Crippen molar-refractivity contribution in [3.8, 4) is 5.75 Å². The van der Waals surface area contributed by atoms with E-state index in [0.717, 1.165) is 39.4 Å². The maximum atomic E-state index is 14.6. The number of unbranched alkanes of at least 4 members (excludes halogenated alkanes) is 1. The number of anilines is 1. The quantitative estimate of drug-likeness (QED) is 0.159. The first kappa shape index (κ1) is 34.2. The van der Waals surface area contributed by atoms with Crippen LogP contribution >= 0.6 is 0 Å². The van der Waals surface area contributed by atoms with E-state index in [9.17, 15) is 18.0 Å². The van der Waals surface area contributed by atoms with Gasteiger partial charge in [-0.05, 0) is 78.9 Å². The van der Waals surface area contributed by atoms with Gasteiger partial charge in [0.2, 0.25) is 11.8 Å². The van der Waals surface area contributed by atoms with Gasteiger partial charge in [-0.3, -0.25) is 13.9 Å². The third-order valence-corrected chi connectivity index (χ3v) is 9.76. The lowest BCUT2D eigenvalue weighted by atomic mass is 10.0. The SMILES string of the molecule is CCCCNC(=O)[C@@H](Cc1ccccc1)N(Cc1cccc(OC)c1)C(=O)CN(c1ccc(C)c(C)c1)S(=O)(=O)c1ccccc1. The summed E-state index contributed by atoms with van der Waals surface area (Å²) in [5.41, 5.74) is 3.89. The number of benzene rings is 4. The lowest BCUT2D eigenvalue weighted by Gasteiger charge is -2.34. The smallest absolute Gasteiger partial charge is 0.264 e. The van der Waals surface area contributed by atoms with Crippen molar-refractivity contribution < 1.29 is 22.7 Å². The molecule has 0 spiro atoms. The Morgan fingerprint density at radius 3 is 2.15 bits per heavy atom. The summed E-state index contributed by atoms with van der Waals surface area (Å²) in [7, 11) is -2.59. The molecule has 9 heteroatoms. The highest BCUT2D eigenvalue weighted by Gasteiger charge is 2.34. The Bertz CT molecular complexity index is 1710. The van der Waals surface area contributed by atoms with Crippen molar-refractivity contribution in [2.75, 3.05) is 24.5 Å². The number of amides is 2. The molecular weight excluding hydrogens is 598 g/mol. The van der Waals surface area contributed by atoms with Crippen LogP contribution in [0.5, 0.6) is 5.75 Å². The number of methoxy groups -OCH3 is 1. The van der Waals surface area contributed by atoms with E-state index in [1.165, 1.54) is 17.0 Å². The molecule has 8 nitrogen and oxygen atoms in total. The highest BCUT2D eigenvalue weighted by atomic mass is 32.2. The highest BCUT2D eigenvalue weighted by Crippen LogP contribution is 2.27. The van der Waals surface area contributed by atoms with Crippen LogP contribution in [0.3, 0.4) is 0 Å². The fourth-order valence-corrected chi connectivity index (χ4v) is 6.58. The van der Waals surface area contributed by atoms with Crippen LogP contribution in [0.4, 0.5) is 5.69 Å². The van der Waals surface area contributed by atoms with Crippen LogP contribution in [0, 0.1) is 13.8 Å². The fourth-order valence-electron chi connectivity index (χ4n) is 5.16. The standard InChI is InChI=1S/C37H43N3O5S/c1-5-6-22-38-37(42)35(25-30-14-9-7-10-15-30)39(26-31-16-13-17-33(24-31)45-4)36(41)27-40(32-21-20-28(2)29(3)23-32)46(43,44)34-18-11-8-12-19-34/h7-21,23-24,35H,5-6,22,25-27H2,1-4H3,(H,38,42)/t35-/m1/s1. The average Bonchev–Trinajstić information content (AvgIpc) is 3.07. The van der Waals surface area contributed by atoms with Gasteiger partial charge < -0.3 is 15.0 Å².